The molecule has 0 radical (unpaired) electrons. The van der Waals surface area contributed by atoms with Crippen molar-refractivity contribution in [3.63, 3.8) is 0 Å². The summed E-state index contributed by atoms with van der Waals surface area (Å²) in [5, 5.41) is 4.10. The van der Waals surface area contributed by atoms with Crippen molar-refractivity contribution in [3.05, 3.63) is 11.7 Å². The van der Waals surface area contributed by atoms with Crippen LogP contribution in [0.25, 0.3) is 0 Å². The van der Waals surface area contributed by atoms with Gasteiger partial charge >= 0.3 is 0 Å². The van der Waals surface area contributed by atoms with Crippen LogP contribution in [0.1, 0.15) is 69.5 Å². The number of Topliss-reactive ketones (excluding diaryl/α,β-unsaturated/α-hetero) is 1. The lowest BCUT2D eigenvalue weighted by Gasteiger charge is -2.32. The van der Waals surface area contributed by atoms with E-state index in [1.807, 2.05) is 0 Å². The van der Waals surface area contributed by atoms with Crippen molar-refractivity contribution in [3.8, 4) is 0 Å². The lowest BCUT2D eigenvalue weighted by molar-refractivity contribution is -0.122. The fourth-order valence-electron chi connectivity index (χ4n) is 3.69. The van der Waals surface area contributed by atoms with Gasteiger partial charge in [0.15, 0.2) is 0 Å². The van der Waals surface area contributed by atoms with Gasteiger partial charge in [0.2, 0.25) is 11.7 Å². The zero-order valence-corrected chi connectivity index (χ0v) is 12.8. The van der Waals surface area contributed by atoms with E-state index in [1.165, 1.54) is 6.42 Å². The van der Waals surface area contributed by atoms with E-state index >= 15 is 0 Å². The molecule has 0 aromatic carbocycles. The zero-order chi connectivity index (χ0) is 14.7. The van der Waals surface area contributed by atoms with E-state index in [1.54, 1.807) is 7.11 Å². The van der Waals surface area contributed by atoms with Gasteiger partial charge in [-0.2, -0.15) is 4.98 Å². The van der Waals surface area contributed by atoms with E-state index in [-0.39, 0.29) is 18.1 Å². The molecule has 2 saturated carbocycles. The summed E-state index contributed by atoms with van der Waals surface area (Å²) in [6, 6.07) is 0. The number of rotatable bonds is 5. The molecule has 3 rings (SSSR count). The minimum atomic E-state index is -0.406. The minimum absolute atomic E-state index is 0.200. The molecule has 0 saturated heterocycles. The summed E-state index contributed by atoms with van der Waals surface area (Å²) in [6.07, 6.45) is 9.98. The predicted molar refractivity (Wildman–Crippen MR) is 76.7 cm³/mol. The second kappa shape index (κ2) is 6.26. The number of carbonyl (C=O) groups is 1. The topological polar surface area (TPSA) is 65.2 Å². The highest BCUT2D eigenvalue weighted by Gasteiger charge is 2.38. The molecule has 0 amide bonds. The van der Waals surface area contributed by atoms with E-state index in [0.29, 0.717) is 11.7 Å². The third-order valence-corrected chi connectivity index (χ3v) is 5.06. The molecule has 2 fully saturated rings. The molecule has 0 N–H and O–H groups in total. The molecule has 2 aliphatic carbocycles. The molecule has 0 aliphatic heterocycles. The van der Waals surface area contributed by atoms with E-state index in [4.69, 9.17) is 9.26 Å². The Hall–Kier alpha value is -1.23. The van der Waals surface area contributed by atoms with Crippen LogP contribution in [0, 0.1) is 5.92 Å². The van der Waals surface area contributed by atoms with Gasteiger partial charge in [-0.05, 0) is 25.7 Å². The average Bonchev–Trinajstić information content (AvgIpc) is 3.19. The first-order valence-electron chi connectivity index (χ1n) is 8.14. The van der Waals surface area contributed by atoms with Gasteiger partial charge in [0.25, 0.3) is 0 Å². The second-order valence-electron chi connectivity index (χ2n) is 6.40. The normalized spacial score (nSPS) is 22.5. The van der Waals surface area contributed by atoms with Crippen LogP contribution >= 0.6 is 0 Å². The molecule has 1 heterocycles. The van der Waals surface area contributed by atoms with Crippen molar-refractivity contribution in [2.75, 3.05) is 7.11 Å². The molecule has 5 nitrogen and oxygen atoms in total. The maximum absolute atomic E-state index is 12.2. The van der Waals surface area contributed by atoms with Gasteiger partial charge in [0.05, 0.1) is 6.42 Å². The molecule has 5 heteroatoms. The summed E-state index contributed by atoms with van der Waals surface area (Å²) < 4.78 is 11.0. The van der Waals surface area contributed by atoms with Gasteiger partial charge in [-0.25, -0.2) is 0 Å². The van der Waals surface area contributed by atoms with Gasteiger partial charge in [-0.3, -0.25) is 4.79 Å². The van der Waals surface area contributed by atoms with Crippen molar-refractivity contribution in [1.82, 2.24) is 10.1 Å². The second-order valence-corrected chi connectivity index (χ2v) is 6.40. The molecule has 0 spiro atoms. The molecule has 1 aromatic rings. The average molecular weight is 292 g/mol. The summed E-state index contributed by atoms with van der Waals surface area (Å²) in [6.45, 7) is 0. The molecule has 116 valence electrons. The largest absolute Gasteiger partial charge is 0.370 e. The van der Waals surface area contributed by atoms with Gasteiger partial charge in [-0.1, -0.05) is 37.3 Å². The first-order valence-corrected chi connectivity index (χ1v) is 8.14. The molecule has 21 heavy (non-hydrogen) atoms. The summed E-state index contributed by atoms with van der Waals surface area (Å²) in [7, 11) is 1.71. The monoisotopic (exact) mass is 292 g/mol. The first kappa shape index (κ1) is 14.7. The van der Waals surface area contributed by atoms with Crippen LogP contribution < -0.4 is 0 Å². The number of methoxy groups -OCH3 is 1. The SMILES string of the molecule is COC1(c2noc(CC(=O)C3CCCC3)n2)CCCCC1. The number of nitrogens with zero attached hydrogens (tertiary/aromatic N) is 2. The van der Waals surface area contributed by atoms with Crippen LogP contribution in [0.4, 0.5) is 0 Å². The molecule has 0 unspecified atom stereocenters. The van der Waals surface area contributed by atoms with Crippen molar-refractivity contribution < 1.29 is 14.1 Å². The Morgan fingerprint density at radius 1 is 1.24 bits per heavy atom. The van der Waals surface area contributed by atoms with E-state index in [0.717, 1.165) is 51.4 Å². The summed E-state index contributed by atoms with van der Waals surface area (Å²) in [5.41, 5.74) is -0.406. The number of hydrogen-bond donors (Lipinski definition) is 0. The third kappa shape index (κ3) is 3.03. The molecule has 0 atom stereocenters. The van der Waals surface area contributed by atoms with Crippen LogP contribution in [0.3, 0.4) is 0 Å². The fourth-order valence-corrected chi connectivity index (χ4v) is 3.69. The van der Waals surface area contributed by atoms with Gasteiger partial charge in [0.1, 0.15) is 11.4 Å². The standard InChI is InChI=1S/C16H24N2O3/c1-20-16(9-5-2-6-10-16)15-17-14(21-18-15)11-13(19)12-7-3-4-8-12/h12H,2-11H2,1H3. The molecular weight excluding hydrogens is 268 g/mol. The summed E-state index contributed by atoms with van der Waals surface area (Å²) >= 11 is 0. The molecule has 2 aliphatic rings. The first-order chi connectivity index (χ1) is 10.2. The zero-order valence-electron chi connectivity index (χ0n) is 12.8. The highest BCUT2D eigenvalue weighted by atomic mass is 16.5. The summed E-state index contributed by atoms with van der Waals surface area (Å²) in [4.78, 5) is 16.7. The minimum Gasteiger partial charge on any atom is -0.370 e. The lowest BCUT2D eigenvalue weighted by atomic mass is 9.84. The van der Waals surface area contributed by atoms with Gasteiger partial charge in [-0.15, -0.1) is 0 Å². The Morgan fingerprint density at radius 2 is 1.95 bits per heavy atom. The van der Waals surface area contributed by atoms with E-state index in [9.17, 15) is 4.79 Å². The molecule has 0 bridgehead atoms. The van der Waals surface area contributed by atoms with E-state index < -0.39 is 5.60 Å². The quantitative estimate of drug-likeness (QED) is 0.834. The number of hydrogen-bond acceptors (Lipinski definition) is 5. The summed E-state index contributed by atoms with van der Waals surface area (Å²) in [5.74, 6) is 1.52. The van der Waals surface area contributed by atoms with Gasteiger partial charge < -0.3 is 9.26 Å². The predicted octanol–water partition coefficient (Wildman–Crippen LogP) is 3.18. The van der Waals surface area contributed by atoms with Crippen LogP contribution in [-0.2, 0) is 21.6 Å². The number of aromatic nitrogens is 2. The van der Waals surface area contributed by atoms with Crippen molar-refractivity contribution in [2.45, 2.75) is 69.8 Å². The molecular formula is C16H24N2O3. The van der Waals surface area contributed by atoms with Crippen molar-refractivity contribution in [1.29, 1.82) is 0 Å². The van der Waals surface area contributed by atoms with Crippen LogP contribution in [0.5, 0.6) is 0 Å². The number of ketones is 1. The van der Waals surface area contributed by atoms with Crippen molar-refractivity contribution in [2.24, 2.45) is 5.92 Å². The van der Waals surface area contributed by atoms with Crippen molar-refractivity contribution >= 4 is 5.78 Å². The number of ether oxygens (including phenoxy) is 1. The van der Waals surface area contributed by atoms with Crippen LogP contribution in [0.2, 0.25) is 0 Å². The lowest BCUT2D eigenvalue weighted by Crippen LogP contribution is -2.32. The third-order valence-electron chi connectivity index (χ3n) is 5.06. The van der Waals surface area contributed by atoms with Gasteiger partial charge in [0, 0.05) is 13.0 Å². The Balaban J connectivity index is 1.68. The fraction of sp³-hybridized carbons (Fsp3) is 0.812. The molecule has 1 aromatic heterocycles. The van der Waals surface area contributed by atoms with Crippen LogP contribution in [-0.4, -0.2) is 23.0 Å². The number of carbonyl (C=O) groups excluding carboxylic acids is 1. The van der Waals surface area contributed by atoms with Crippen LogP contribution in [0.15, 0.2) is 4.52 Å². The Bertz CT molecular complexity index is 485. The highest BCUT2D eigenvalue weighted by molar-refractivity contribution is 5.82. The van der Waals surface area contributed by atoms with E-state index in [2.05, 4.69) is 10.1 Å². The highest BCUT2D eigenvalue weighted by Crippen LogP contribution is 2.38. The Morgan fingerprint density at radius 3 is 2.62 bits per heavy atom. The Kier molecular flexibility index (Phi) is 4.38. The smallest absolute Gasteiger partial charge is 0.234 e. The maximum Gasteiger partial charge on any atom is 0.234 e. The maximum atomic E-state index is 12.2. The Labute approximate surface area is 125 Å².